The van der Waals surface area contributed by atoms with Crippen LogP contribution in [0, 0.1) is 0 Å². The molecule has 0 bridgehead atoms. The number of benzene rings is 3. The molecule has 0 radical (unpaired) electrons. The molecule has 0 saturated carbocycles. The first-order valence-corrected chi connectivity index (χ1v) is 10.6. The van der Waals surface area contributed by atoms with Gasteiger partial charge in [-0.15, -0.1) is 0 Å². The van der Waals surface area contributed by atoms with Crippen molar-refractivity contribution in [3.63, 3.8) is 0 Å². The highest BCUT2D eigenvalue weighted by Gasteiger charge is 2.14. The molecule has 1 unspecified atom stereocenters. The zero-order valence-electron chi connectivity index (χ0n) is 19.2. The summed E-state index contributed by atoms with van der Waals surface area (Å²) in [5.41, 5.74) is 2.13. The van der Waals surface area contributed by atoms with Crippen LogP contribution in [0.5, 0.6) is 23.0 Å². The van der Waals surface area contributed by atoms with Crippen LogP contribution in [-0.2, 0) is 16.2 Å². The molecule has 3 rings (SSSR count). The zero-order chi connectivity index (χ0) is 24.5. The van der Waals surface area contributed by atoms with Gasteiger partial charge in [0.25, 0.3) is 0 Å². The van der Waals surface area contributed by atoms with E-state index in [1.165, 1.54) is 21.0 Å². The maximum Gasteiger partial charge on any atom is 0.308 e. The molecule has 0 aliphatic rings. The monoisotopic (exact) mass is 462 g/mol. The van der Waals surface area contributed by atoms with Crippen molar-refractivity contribution in [2.45, 2.75) is 26.6 Å². The highest BCUT2D eigenvalue weighted by molar-refractivity contribution is 5.70. The summed E-state index contributed by atoms with van der Waals surface area (Å²) in [6.45, 7) is 2.91. The standard InChI is InChI=1S/C27H26O7/c1-18(28)33-22-11-9-21(26(15-22)31-3)10-14-25(30)24-13-12-23(34-19(2)29)16-27(24)32-17-20-7-5-4-6-8-20/h4-16,25,30H,17H2,1-3H3. The largest absolute Gasteiger partial charge is 0.496 e. The van der Waals surface area contributed by atoms with Gasteiger partial charge in [0.15, 0.2) is 0 Å². The number of hydrogen-bond donors (Lipinski definition) is 1. The van der Waals surface area contributed by atoms with Crippen molar-refractivity contribution < 1.29 is 33.6 Å². The second-order valence-electron chi connectivity index (χ2n) is 7.37. The molecule has 1 atom stereocenters. The van der Waals surface area contributed by atoms with Crippen LogP contribution >= 0.6 is 0 Å². The molecule has 0 spiro atoms. The van der Waals surface area contributed by atoms with Crippen LogP contribution in [-0.4, -0.2) is 24.2 Å². The van der Waals surface area contributed by atoms with Crippen LogP contribution in [0.4, 0.5) is 0 Å². The van der Waals surface area contributed by atoms with Gasteiger partial charge in [-0.05, 0) is 29.8 Å². The molecule has 34 heavy (non-hydrogen) atoms. The predicted molar refractivity (Wildman–Crippen MR) is 127 cm³/mol. The van der Waals surface area contributed by atoms with E-state index >= 15 is 0 Å². The zero-order valence-corrected chi connectivity index (χ0v) is 19.2. The Balaban J connectivity index is 1.84. The van der Waals surface area contributed by atoms with Gasteiger partial charge in [0.05, 0.1) is 7.11 Å². The van der Waals surface area contributed by atoms with Gasteiger partial charge in [-0.1, -0.05) is 42.5 Å². The first-order valence-electron chi connectivity index (χ1n) is 10.6. The maximum atomic E-state index is 11.4. The predicted octanol–water partition coefficient (Wildman–Crippen LogP) is 4.87. The summed E-state index contributed by atoms with van der Waals surface area (Å²) in [7, 11) is 1.50. The Morgan fingerprint density at radius 2 is 1.50 bits per heavy atom. The van der Waals surface area contributed by atoms with Gasteiger partial charge >= 0.3 is 11.9 Å². The molecule has 3 aromatic carbocycles. The number of aliphatic hydroxyl groups is 1. The third-order valence-electron chi connectivity index (χ3n) is 4.73. The van der Waals surface area contributed by atoms with E-state index in [-0.39, 0.29) is 6.61 Å². The number of methoxy groups -OCH3 is 1. The van der Waals surface area contributed by atoms with E-state index in [4.69, 9.17) is 18.9 Å². The third-order valence-corrected chi connectivity index (χ3v) is 4.73. The molecular formula is C27H26O7. The Kier molecular flexibility index (Phi) is 8.43. The molecular weight excluding hydrogens is 436 g/mol. The average molecular weight is 462 g/mol. The van der Waals surface area contributed by atoms with Crippen LogP contribution in [0.15, 0.2) is 72.8 Å². The Morgan fingerprint density at radius 1 is 0.882 bits per heavy atom. The number of ether oxygens (including phenoxy) is 4. The van der Waals surface area contributed by atoms with Crippen LogP contribution in [0.25, 0.3) is 6.08 Å². The fourth-order valence-corrected chi connectivity index (χ4v) is 3.21. The van der Waals surface area contributed by atoms with Crippen molar-refractivity contribution in [1.29, 1.82) is 0 Å². The summed E-state index contributed by atoms with van der Waals surface area (Å²) < 4.78 is 21.6. The normalized spacial score (nSPS) is 11.6. The highest BCUT2D eigenvalue weighted by atomic mass is 16.5. The van der Waals surface area contributed by atoms with Crippen molar-refractivity contribution in [3.8, 4) is 23.0 Å². The minimum atomic E-state index is -1.02. The van der Waals surface area contributed by atoms with Crippen molar-refractivity contribution in [3.05, 3.63) is 89.5 Å². The number of rotatable bonds is 9. The Bertz CT molecular complexity index is 1170. The molecule has 1 N–H and O–H groups in total. The summed E-state index contributed by atoms with van der Waals surface area (Å²) in [5, 5.41) is 10.9. The molecule has 0 aromatic heterocycles. The van der Waals surface area contributed by atoms with E-state index < -0.39 is 18.0 Å². The van der Waals surface area contributed by atoms with Gasteiger partial charge in [-0.3, -0.25) is 9.59 Å². The lowest BCUT2D eigenvalue weighted by atomic mass is 10.1. The van der Waals surface area contributed by atoms with Crippen molar-refractivity contribution in [2.75, 3.05) is 7.11 Å². The Morgan fingerprint density at radius 3 is 2.12 bits per heavy atom. The first-order chi connectivity index (χ1) is 16.4. The summed E-state index contributed by atoms with van der Waals surface area (Å²) in [4.78, 5) is 22.5. The van der Waals surface area contributed by atoms with Crippen LogP contribution in [0.3, 0.4) is 0 Å². The molecule has 0 heterocycles. The molecule has 176 valence electrons. The van der Waals surface area contributed by atoms with Crippen molar-refractivity contribution >= 4 is 18.0 Å². The number of carbonyl (C=O) groups excluding carboxylic acids is 2. The Hall–Kier alpha value is -4.10. The first kappa shape index (κ1) is 24.5. The molecule has 0 fully saturated rings. The lowest BCUT2D eigenvalue weighted by Gasteiger charge is -2.16. The summed E-state index contributed by atoms with van der Waals surface area (Å²) >= 11 is 0. The lowest BCUT2D eigenvalue weighted by Crippen LogP contribution is -2.05. The van der Waals surface area contributed by atoms with Crippen molar-refractivity contribution in [2.24, 2.45) is 0 Å². The summed E-state index contributed by atoms with van der Waals surface area (Å²) in [5.74, 6) is 0.662. The van der Waals surface area contributed by atoms with E-state index in [0.717, 1.165) is 5.56 Å². The van der Waals surface area contributed by atoms with Crippen molar-refractivity contribution in [1.82, 2.24) is 0 Å². The van der Waals surface area contributed by atoms with Crippen LogP contribution in [0.2, 0.25) is 0 Å². The highest BCUT2D eigenvalue weighted by Crippen LogP contribution is 2.33. The number of aliphatic hydroxyl groups excluding tert-OH is 1. The topological polar surface area (TPSA) is 91.3 Å². The quantitative estimate of drug-likeness (QED) is 0.358. The van der Waals surface area contributed by atoms with Crippen LogP contribution in [0.1, 0.15) is 36.6 Å². The fraction of sp³-hybridized carbons (Fsp3) is 0.185. The minimum Gasteiger partial charge on any atom is -0.496 e. The average Bonchev–Trinajstić information content (AvgIpc) is 2.81. The maximum absolute atomic E-state index is 11.4. The number of carbonyl (C=O) groups is 2. The van der Waals surface area contributed by atoms with Gasteiger partial charge < -0.3 is 24.1 Å². The van der Waals surface area contributed by atoms with Gasteiger partial charge in [0.1, 0.15) is 35.7 Å². The number of hydrogen-bond acceptors (Lipinski definition) is 7. The third kappa shape index (κ3) is 6.95. The lowest BCUT2D eigenvalue weighted by molar-refractivity contribution is -0.132. The van der Waals surface area contributed by atoms with Gasteiger partial charge in [-0.25, -0.2) is 0 Å². The van der Waals surface area contributed by atoms with E-state index in [1.807, 2.05) is 30.3 Å². The molecule has 7 heteroatoms. The Labute approximate surface area is 198 Å². The smallest absolute Gasteiger partial charge is 0.308 e. The second-order valence-corrected chi connectivity index (χ2v) is 7.37. The van der Waals surface area contributed by atoms with Gasteiger partial charge in [0.2, 0.25) is 0 Å². The molecule has 0 aliphatic carbocycles. The molecule has 0 amide bonds. The summed E-state index contributed by atoms with van der Waals surface area (Å²) in [6, 6.07) is 19.4. The minimum absolute atomic E-state index is 0.277. The van der Waals surface area contributed by atoms with E-state index in [1.54, 1.807) is 48.6 Å². The molecule has 3 aromatic rings. The van der Waals surface area contributed by atoms with Gasteiger partial charge in [0, 0.05) is 37.1 Å². The van der Waals surface area contributed by atoms with E-state index in [9.17, 15) is 14.7 Å². The molecule has 7 nitrogen and oxygen atoms in total. The van der Waals surface area contributed by atoms with E-state index in [0.29, 0.717) is 34.1 Å². The fourth-order valence-electron chi connectivity index (χ4n) is 3.21. The van der Waals surface area contributed by atoms with Crippen LogP contribution < -0.4 is 18.9 Å². The summed E-state index contributed by atoms with van der Waals surface area (Å²) in [6.07, 6.45) is 2.26. The second kappa shape index (κ2) is 11.7. The number of esters is 2. The van der Waals surface area contributed by atoms with E-state index in [2.05, 4.69) is 0 Å². The molecule has 0 saturated heterocycles. The van der Waals surface area contributed by atoms with Gasteiger partial charge in [-0.2, -0.15) is 0 Å². The molecule has 0 aliphatic heterocycles. The SMILES string of the molecule is COc1cc(OC(C)=O)ccc1C=CC(O)c1ccc(OC(C)=O)cc1OCc1ccccc1.